The molecule has 1 heterocycles. The van der Waals surface area contributed by atoms with E-state index in [4.69, 9.17) is 0 Å². The molecule has 2 aromatic carbocycles. The fourth-order valence-corrected chi connectivity index (χ4v) is 3.68. The molecule has 2 aromatic rings. The lowest BCUT2D eigenvalue weighted by Gasteiger charge is -2.38. The van der Waals surface area contributed by atoms with Gasteiger partial charge in [-0.05, 0) is 63.3 Å². The van der Waals surface area contributed by atoms with Gasteiger partial charge in [0.2, 0.25) is 0 Å². The number of urea groups is 1. The van der Waals surface area contributed by atoms with Gasteiger partial charge >= 0.3 is 6.03 Å². The third-order valence-electron chi connectivity index (χ3n) is 5.12. The van der Waals surface area contributed by atoms with Crippen molar-refractivity contribution in [3.05, 3.63) is 59.7 Å². The zero-order valence-corrected chi connectivity index (χ0v) is 15.7. The van der Waals surface area contributed by atoms with Crippen LogP contribution in [0.25, 0.3) is 0 Å². The Labute approximate surface area is 155 Å². The van der Waals surface area contributed by atoms with Crippen LogP contribution in [0.5, 0.6) is 0 Å². The Morgan fingerprint density at radius 3 is 1.96 bits per heavy atom. The number of piperidine rings is 1. The second-order valence-corrected chi connectivity index (χ2v) is 7.01. The summed E-state index contributed by atoms with van der Waals surface area (Å²) in [7, 11) is 0. The lowest BCUT2D eigenvalue weighted by molar-refractivity contribution is -0.122. The van der Waals surface area contributed by atoms with Gasteiger partial charge in [-0.1, -0.05) is 36.4 Å². The highest BCUT2D eigenvalue weighted by Gasteiger charge is 2.34. The summed E-state index contributed by atoms with van der Waals surface area (Å²) in [4.78, 5) is 29.3. The maximum atomic E-state index is 13.6. The van der Waals surface area contributed by atoms with Crippen molar-refractivity contribution in [3.8, 4) is 0 Å². The number of hydrogen-bond acceptors (Lipinski definition) is 2. The molecule has 0 saturated carbocycles. The summed E-state index contributed by atoms with van der Waals surface area (Å²) in [6.45, 7) is 6.22. The number of likely N-dealkylation sites (tertiary alicyclic amines) is 1. The third-order valence-corrected chi connectivity index (χ3v) is 5.12. The summed E-state index contributed by atoms with van der Waals surface area (Å²) in [5.41, 5.74) is 3.78. The largest absolute Gasteiger partial charge is 0.329 e. The van der Waals surface area contributed by atoms with Gasteiger partial charge in [0.25, 0.3) is 0 Å². The summed E-state index contributed by atoms with van der Waals surface area (Å²) < 4.78 is 0. The summed E-state index contributed by atoms with van der Waals surface area (Å²) >= 11 is 0. The van der Waals surface area contributed by atoms with Crippen LogP contribution in [0.15, 0.2) is 48.5 Å². The summed E-state index contributed by atoms with van der Waals surface area (Å²) in [5.74, 6) is 0.0626. The van der Waals surface area contributed by atoms with Gasteiger partial charge in [0.15, 0.2) is 5.78 Å². The molecule has 1 atom stereocenters. The quantitative estimate of drug-likeness (QED) is 0.781. The van der Waals surface area contributed by atoms with Crippen LogP contribution in [0, 0.1) is 13.8 Å². The molecule has 1 aliphatic rings. The maximum Gasteiger partial charge on any atom is 0.329 e. The molecule has 0 spiro atoms. The molecule has 0 aromatic heterocycles. The third kappa shape index (κ3) is 3.50. The van der Waals surface area contributed by atoms with E-state index in [2.05, 4.69) is 0 Å². The zero-order chi connectivity index (χ0) is 18.7. The first-order chi connectivity index (χ1) is 12.5. The van der Waals surface area contributed by atoms with Crippen molar-refractivity contribution in [2.75, 3.05) is 11.4 Å². The fourth-order valence-electron chi connectivity index (χ4n) is 3.68. The van der Waals surface area contributed by atoms with E-state index < -0.39 is 0 Å². The number of hydrogen-bond donors (Lipinski definition) is 0. The van der Waals surface area contributed by atoms with Crippen molar-refractivity contribution >= 4 is 23.2 Å². The molecule has 0 aliphatic carbocycles. The Morgan fingerprint density at radius 2 is 1.46 bits per heavy atom. The predicted octanol–water partition coefficient (Wildman–Crippen LogP) is 5.01. The van der Waals surface area contributed by atoms with Gasteiger partial charge in [-0.25, -0.2) is 4.79 Å². The van der Waals surface area contributed by atoms with Gasteiger partial charge in [-0.3, -0.25) is 9.69 Å². The minimum absolute atomic E-state index is 0.0626. The van der Waals surface area contributed by atoms with Crippen molar-refractivity contribution in [1.82, 2.24) is 4.90 Å². The number of nitrogens with zero attached hydrogens (tertiary/aromatic N) is 2. The molecule has 4 nitrogen and oxygen atoms in total. The Bertz CT molecular complexity index is 770. The number of carbonyl (C=O) groups is 2. The van der Waals surface area contributed by atoms with E-state index >= 15 is 0 Å². The highest BCUT2D eigenvalue weighted by atomic mass is 16.2. The number of benzene rings is 2. The summed E-state index contributed by atoms with van der Waals surface area (Å²) in [6.07, 6.45) is 2.67. The molecule has 136 valence electrons. The molecule has 0 bridgehead atoms. The van der Waals surface area contributed by atoms with Crippen LogP contribution in [-0.2, 0) is 4.79 Å². The minimum atomic E-state index is -0.327. The number of ketones is 1. The molecule has 1 fully saturated rings. The summed E-state index contributed by atoms with van der Waals surface area (Å²) in [5, 5.41) is 0. The van der Waals surface area contributed by atoms with E-state index in [9.17, 15) is 9.59 Å². The number of anilines is 2. The van der Waals surface area contributed by atoms with Crippen molar-refractivity contribution in [2.45, 2.75) is 46.1 Å². The van der Waals surface area contributed by atoms with E-state index in [1.165, 1.54) is 0 Å². The van der Waals surface area contributed by atoms with Crippen LogP contribution in [0.4, 0.5) is 16.2 Å². The first kappa shape index (κ1) is 18.2. The zero-order valence-electron chi connectivity index (χ0n) is 15.7. The number of amides is 2. The molecule has 0 N–H and O–H groups in total. The van der Waals surface area contributed by atoms with Gasteiger partial charge in [0.05, 0.1) is 17.4 Å². The van der Waals surface area contributed by atoms with Gasteiger partial charge in [-0.2, -0.15) is 0 Å². The maximum absolute atomic E-state index is 13.6. The lowest BCUT2D eigenvalue weighted by atomic mass is 9.99. The molecular weight excluding hydrogens is 324 g/mol. The van der Waals surface area contributed by atoms with Crippen LogP contribution in [0.1, 0.15) is 37.3 Å². The van der Waals surface area contributed by atoms with Gasteiger partial charge in [0.1, 0.15) is 0 Å². The van der Waals surface area contributed by atoms with E-state index in [0.717, 1.165) is 41.8 Å². The number of carbonyl (C=O) groups excluding carboxylic acids is 2. The predicted molar refractivity (Wildman–Crippen MR) is 105 cm³/mol. The molecule has 3 rings (SSSR count). The minimum Gasteiger partial charge on any atom is -0.314 e. The molecule has 0 radical (unpaired) electrons. The second kappa shape index (κ2) is 7.73. The topological polar surface area (TPSA) is 40.6 Å². The van der Waals surface area contributed by atoms with Crippen molar-refractivity contribution in [3.63, 3.8) is 0 Å². The highest BCUT2D eigenvalue weighted by molar-refractivity contribution is 6.02. The Kier molecular flexibility index (Phi) is 5.40. The van der Waals surface area contributed by atoms with Crippen LogP contribution < -0.4 is 4.90 Å². The fraction of sp³-hybridized carbons (Fsp3) is 0.364. The van der Waals surface area contributed by atoms with Gasteiger partial charge in [0, 0.05) is 6.54 Å². The Morgan fingerprint density at radius 1 is 0.923 bits per heavy atom. The molecule has 1 unspecified atom stereocenters. The van der Waals surface area contributed by atoms with Crippen LogP contribution in [0.2, 0.25) is 0 Å². The Balaban J connectivity index is 2.09. The smallest absolute Gasteiger partial charge is 0.314 e. The monoisotopic (exact) mass is 350 g/mol. The van der Waals surface area contributed by atoms with Crippen LogP contribution in [-0.4, -0.2) is 29.3 Å². The number of Topliss-reactive ketones (excluding diaryl/α,β-unsaturated/α-hetero) is 1. The first-order valence-corrected chi connectivity index (χ1v) is 9.23. The molecule has 4 heteroatoms. The van der Waals surface area contributed by atoms with Crippen LogP contribution >= 0.6 is 0 Å². The molecule has 1 saturated heterocycles. The van der Waals surface area contributed by atoms with Crippen molar-refractivity contribution in [1.29, 1.82) is 0 Å². The van der Waals surface area contributed by atoms with Gasteiger partial charge in [-0.15, -0.1) is 0 Å². The summed E-state index contributed by atoms with van der Waals surface area (Å²) in [6, 6.07) is 15.3. The molecular formula is C22H26N2O2. The van der Waals surface area contributed by atoms with E-state index in [0.29, 0.717) is 6.54 Å². The number of aryl methyl sites for hydroxylation is 2. The van der Waals surface area contributed by atoms with E-state index in [1.54, 1.807) is 16.7 Å². The molecule has 1 aliphatic heterocycles. The average molecular weight is 350 g/mol. The second-order valence-electron chi connectivity index (χ2n) is 7.01. The van der Waals surface area contributed by atoms with Crippen molar-refractivity contribution in [2.24, 2.45) is 0 Å². The van der Waals surface area contributed by atoms with Crippen LogP contribution in [0.3, 0.4) is 0 Å². The van der Waals surface area contributed by atoms with Crippen molar-refractivity contribution < 1.29 is 9.59 Å². The Hall–Kier alpha value is -2.62. The number of rotatable bonds is 3. The normalized spacial score (nSPS) is 17.0. The number of para-hydroxylation sites is 2. The standard InChI is InChI=1S/C22H26N2O2/c1-16-10-4-6-12-19(16)24(20-13-7-5-11-17(20)2)22(26)23-15-9-8-14-21(23)18(3)25/h4-7,10-13,21H,8-9,14-15H2,1-3H3. The van der Waals surface area contributed by atoms with E-state index in [-0.39, 0.29) is 17.9 Å². The average Bonchev–Trinajstić information content (AvgIpc) is 2.64. The molecule has 26 heavy (non-hydrogen) atoms. The lowest BCUT2D eigenvalue weighted by Crippen LogP contribution is -2.52. The van der Waals surface area contributed by atoms with Gasteiger partial charge < -0.3 is 4.90 Å². The SMILES string of the molecule is CC(=O)C1CCCCN1C(=O)N(c1ccccc1C)c1ccccc1C. The first-order valence-electron chi connectivity index (χ1n) is 9.23. The van der Waals surface area contributed by atoms with E-state index in [1.807, 2.05) is 62.4 Å². The molecule has 2 amide bonds. The highest BCUT2D eigenvalue weighted by Crippen LogP contribution is 2.33.